The maximum absolute atomic E-state index is 13.5. The van der Waals surface area contributed by atoms with E-state index in [1.165, 1.54) is 0 Å². The van der Waals surface area contributed by atoms with E-state index >= 15 is 0 Å². The maximum atomic E-state index is 13.5. The minimum Gasteiger partial charge on any atom is -0.497 e. The van der Waals surface area contributed by atoms with Crippen LogP contribution in [0.15, 0.2) is 24.3 Å². The van der Waals surface area contributed by atoms with Gasteiger partial charge in [-0.2, -0.15) is 0 Å². The molecule has 3 rings (SSSR count). The number of rotatable bonds is 8. The van der Waals surface area contributed by atoms with E-state index in [0.717, 1.165) is 0 Å². The zero-order chi connectivity index (χ0) is 26.9. The van der Waals surface area contributed by atoms with E-state index in [1.54, 1.807) is 72.9 Å². The average Bonchev–Trinajstić information content (AvgIpc) is 3.34. The number of ether oxygens (including phenoxy) is 4. The molecule has 2 fully saturated rings. The molecule has 0 bridgehead atoms. The lowest BCUT2D eigenvalue weighted by molar-refractivity contribution is -0.156. The summed E-state index contributed by atoms with van der Waals surface area (Å²) in [4.78, 5) is 52.7. The normalized spacial score (nSPS) is 28.4. The summed E-state index contributed by atoms with van der Waals surface area (Å²) >= 11 is 0. The fraction of sp³-hybridized carbons (Fsp3) is 0.615. The van der Waals surface area contributed by atoms with Crippen molar-refractivity contribution in [1.82, 2.24) is 5.32 Å². The lowest BCUT2D eigenvalue weighted by Gasteiger charge is -2.37. The molecule has 0 aliphatic heterocycles. The second-order valence-corrected chi connectivity index (χ2v) is 10.3. The number of benzene rings is 1. The molecule has 5 atom stereocenters. The molecule has 2 aliphatic carbocycles. The summed E-state index contributed by atoms with van der Waals surface area (Å²) in [5.41, 5.74) is -3.06. The highest BCUT2D eigenvalue weighted by molar-refractivity contribution is 5.99. The Labute approximate surface area is 211 Å². The van der Waals surface area contributed by atoms with Gasteiger partial charge in [0.05, 0.1) is 26.2 Å². The van der Waals surface area contributed by atoms with Crippen molar-refractivity contribution in [2.24, 2.45) is 23.2 Å². The van der Waals surface area contributed by atoms with Gasteiger partial charge in [0.1, 0.15) is 16.9 Å². The average molecular weight is 505 g/mol. The SMILES string of the molecule is CCOC(=O)[C@@H]1[C@@H]2[C@@H](C(=O)Nc3ccc(OC)cc3)C[C@](NC(=O)OC(C)(C)C)(C(=O)OCC)[C@@]21C. The predicted molar refractivity (Wildman–Crippen MR) is 130 cm³/mol. The molecule has 0 radical (unpaired) electrons. The number of carbonyl (C=O) groups excluding carboxylic acids is 4. The standard InChI is InChI=1S/C26H36N2O8/c1-8-34-21(30)19-18-17(20(29)27-15-10-12-16(33-7)13-11-15)14-26(25(18,19)6,22(31)35-9-2)28-23(32)36-24(3,4)5/h10-13,17-19H,8-9,14H2,1-7H3,(H,27,29)(H,28,32)/t17-,18-,19-,25-,26-/m0/s1. The molecule has 0 spiro atoms. The molecule has 2 amide bonds. The minimum absolute atomic E-state index is 0.0515. The van der Waals surface area contributed by atoms with Crippen LogP contribution in [0.2, 0.25) is 0 Å². The molecule has 0 heterocycles. The van der Waals surface area contributed by atoms with Gasteiger partial charge in [-0.3, -0.25) is 9.59 Å². The first-order valence-electron chi connectivity index (χ1n) is 12.1. The van der Waals surface area contributed by atoms with Crippen LogP contribution in [0.5, 0.6) is 5.75 Å². The number of esters is 2. The van der Waals surface area contributed by atoms with Gasteiger partial charge in [-0.25, -0.2) is 9.59 Å². The fourth-order valence-electron chi connectivity index (χ4n) is 5.48. The van der Waals surface area contributed by atoms with Gasteiger partial charge in [0.15, 0.2) is 0 Å². The summed E-state index contributed by atoms with van der Waals surface area (Å²) in [7, 11) is 1.54. The fourth-order valence-corrected chi connectivity index (χ4v) is 5.48. The number of amides is 2. The Morgan fingerprint density at radius 2 is 1.64 bits per heavy atom. The molecule has 0 unspecified atom stereocenters. The second kappa shape index (κ2) is 9.99. The number of methoxy groups -OCH3 is 1. The van der Waals surface area contributed by atoms with Gasteiger partial charge < -0.3 is 29.6 Å². The van der Waals surface area contributed by atoms with Gasteiger partial charge in [0.25, 0.3) is 0 Å². The summed E-state index contributed by atoms with van der Waals surface area (Å²) in [6.45, 7) is 10.4. The smallest absolute Gasteiger partial charge is 0.408 e. The number of anilines is 1. The zero-order valence-electron chi connectivity index (χ0n) is 21.9. The molecule has 36 heavy (non-hydrogen) atoms. The molecule has 198 valence electrons. The summed E-state index contributed by atoms with van der Waals surface area (Å²) in [5, 5.41) is 5.57. The first-order valence-corrected chi connectivity index (χ1v) is 12.1. The third kappa shape index (κ3) is 4.85. The van der Waals surface area contributed by atoms with Gasteiger partial charge in [0.2, 0.25) is 5.91 Å². The van der Waals surface area contributed by atoms with Crippen molar-refractivity contribution in [2.45, 2.75) is 59.1 Å². The minimum atomic E-state index is -1.66. The molecule has 10 heteroatoms. The van der Waals surface area contributed by atoms with Crippen molar-refractivity contribution in [3.05, 3.63) is 24.3 Å². The molecule has 10 nitrogen and oxygen atoms in total. The second-order valence-electron chi connectivity index (χ2n) is 10.3. The van der Waals surface area contributed by atoms with E-state index in [1.807, 2.05) is 0 Å². The number of alkyl carbamates (subject to hydrolysis) is 1. The Balaban J connectivity index is 1.99. The van der Waals surface area contributed by atoms with Crippen LogP contribution in [-0.4, -0.2) is 55.4 Å². The Bertz CT molecular complexity index is 1020. The first kappa shape index (κ1) is 27.3. The molecule has 0 saturated heterocycles. The van der Waals surface area contributed by atoms with Crippen LogP contribution in [0.3, 0.4) is 0 Å². The van der Waals surface area contributed by atoms with E-state index in [4.69, 9.17) is 18.9 Å². The Kier molecular flexibility index (Phi) is 7.57. The molecule has 1 aromatic rings. The quantitative estimate of drug-likeness (QED) is 0.408. The molecule has 2 aliphatic rings. The predicted octanol–water partition coefficient (Wildman–Crippen LogP) is 3.30. The monoisotopic (exact) mass is 504 g/mol. The van der Waals surface area contributed by atoms with E-state index in [9.17, 15) is 19.2 Å². The van der Waals surface area contributed by atoms with Crippen LogP contribution in [-0.2, 0) is 28.6 Å². The molecule has 1 aromatic carbocycles. The van der Waals surface area contributed by atoms with E-state index in [0.29, 0.717) is 11.4 Å². The van der Waals surface area contributed by atoms with Gasteiger partial charge in [-0.15, -0.1) is 0 Å². The highest BCUT2D eigenvalue weighted by atomic mass is 16.6. The van der Waals surface area contributed by atoms with E-state index in [2.05, 4.69) is 10.6 Å². The number of carbonyl (C=O) groups is 4. The largest absolute Gasteiger partial charge is 0.497 e. The molecular formula is C26H36N2O8. The highest BCUT2D eigenvalue weighted by Crippen LogP contribution is 2.75. The van der Waals surface area contributed by atoms with Crippen LogP contribution >= 0.6 is 0 Å². The first-order chi connectivity index (χ1) is 16.8. The molecule has 2 saturated carbocycles. The van der Waals surface area contributed by atoms with E-state index in [-0.39, 0.29) is 25.5 Å². The molecule has 2 N–H and O–H groups in total. The molecular weight excluding hydrogens is 468 g/mol. The van der Waals surface area contributed by atoms with Crippen molar-refractivity contribution in [1.29, 1.82) is 0 Å². The summed E-state index contributed by atoms with van der Waals surface area (Å²) in [5.74, 6) is -3.08. The van der Waals surface area contributed by atoms with Crippen molar-refractivity contribution in [3.8, 4) is 5.75 Å². The van der Waals surface area contributed by atoms with Crippen LogP contribution in [0.25, 0.3) is 0 Å². The topological polar surface area (TPSA) is 129 Å². The van der Waals surface area contributed by atoms with Crippen LogP contribution < -0.4 is 15.4 Å². The van der Waals surface area contributed by atoms with Crippen molar-refractivity contribution in [3.63, 3.8) is 0 Å². The number of nitrogens with one attached hydrogen (secondary N) is 2. The Morgan fingerprint density at radius 3 is 2.17 bits per heavy atom. The number of hydrogen-bond donors (Lipinski definition) is 2. The summed E-state index contributed by atoms with van der Waals surface area (Å²) < 4.78 is 21.2. The number of fused-ring (bicyclic) bond motifs is 1. The van der Waals surface area contributed by atoms with E-state index < -0.39 is 52.3 Å². The molecule has 0 aromatic heterocycles. The van der Waals surface area contributed by atoms with Crippen LogP contribution in [0, 0.1) is 23.2 Å². The van der Waals surface area contributed by atoms with Crippen molar-refractivity contribution < 1.29 is 38.1 Å². The highest BCUT2D eigenvalue weighted by Gasteiger charge is 2.85. The lowest BCUT2D eigenvalue weighted by Crippen LogP contribution is -2.61. The van der Waals surface area contributed by atoms with Gasteiger partial charge in [-0.05, 0) is 71.2 Å². The summed E-state index contributed by atoms with van der Waals surface area (Å²) in [6.07, 6.45) is -0.884. The van der Waals surface area contributed by atoms with Crippen molar-refractivity contribution >= 4 is 29.6 Å². The third-order valence-electron chi connectivity index (χ3n) is 7.04. The van der Waals surface area contributed by atoms with Crippen LogP contribution in [0.1, 0.15) is 48.0 Å². The zero-order valence-corrected chi connectivity index (χ0v) is 21.9. The Hall–Kier alpha value is -3.30. The Morgan fingerprint density at radius 1 is 1.03 bits per heavy atom. The lowest BCUT2D eigenvalue weighted by atomic mass is 9.79. The summed E-state index contributed by atoms with van der Waals surface area (Å²) in [6, 6.07) is 6.80. The third-order valence-corrected chi connectivity index (χ3v) is 7.04. The maximum Gasteiger partial charge on any atom is 0.408 e. The van der Waals surface area contributed by atoms with Gasteiger partial charge in [-0.1, -0.05) is 6.92 Å². The number of hydrogen-bond acceptors (Lipinski definition) is 8. The van der Waals surface area contributed by atoms with Gasteiger partial charge >= 0.3 is 18.0 Å². The van der Waals surface area contributed by atoms with Crippen molar-refractivity contribution in [2.75, 3.05) is 25.6 Å². The van der Waals surface area contributed by atoms with Crippen LogP contribution in [0.4, 0.5) is 10.5 Å². The van der Waals surface area contributed by atoms with Gasteiger partial charge in [0, 0.05) is 17.0 Å².